The van der Waals surface area contributed by atoms with Crippen molar-refractivity contribution in [3.8, 4) is 17.6 Å². The largest absolute Gasteiger partial charge is 0.481 e. The Morgan fingerprint density at radius 1 is 1.39 bits per heavy atom. The lowest BCUT2D eigenvalue weighted by Crippen LogP contribution is -2.44. The first-order chi connectivity index (χ1) is 11.0. The van der Waals surface area contributed by atoms with E-state index in [2.05, 4.69) is 17.2 Å². The number of hydrogen-bond acceptors (Lipinski definition) is 7. The van der Waals surface area contributed by atoms with E-state index in [1.54, 1.807) is 18.7 Å². The van der Waals surface area contributed by atoms with Gasteiger partial charge in [0.05, 0.1) is 0 Å². The zero-order valence-electron chi connectivity index (χ0n) is 12.6. The number of thioether (sulfide) groups is 1. The molecule has 1 aliphatic heterocycles. The predicted octanol–water partition coefficient (Wildman–Crippen LogP) is 1.03. The fourth-order valence-corrected chi connectivity index (χ4v) is 3.64. The van der Waals surface area contributed by atoms with Crippen molar-refractivity contribution in [3.63, 3.8) is 0 Å². The highest BCUT2D eigenvalue weighted by Gasteiger charge is 2.28. The van der Waals surface area contributed by atoms with Gasteiger partial charge in [0.25, 0.3) is 0 Å². The molecule has 1 atom stereocenters. The molecule has 23 heavy (non-hydrogen) atoms. The first kappa shape index (κ1) is 17.7. The van der Waals surface area contributed by atoms with E-state index < -0.39 is 22.1 Å². The monoisotopic (exact) mass is 355 g/mol. The van der Waals surface area contributed by atoms with E-state index in [1.807, 2.05) is 0 Å². The molecule has 1 saturated heterocycles. The summed E-state index contributed by atoms with van der Waals surface area (Å²) in [5.41, 5.74) is 0. The van der Waals surface area contributed by atoms with Crippen LogP contribution in [0, 0.1) is 11.8 Å². The summed E-state index contributed by atoms with van der Waals surface area (Å²) in [5, 5.41) is 2.94. The third-order valence-electron chi connectivity index (χ3n) is 3.00. The van der Waals surface area contributed by atoms with E-state index in [1.165, 1.54) is 24.3 Å². The van der Waals surface area contributed by atoms with Crippen molar-refractivity contribution in [1.82, 2.24) is 5.32 Å². The molecular weight excluding hydrogens is 338 g/mol. The average Bonchev–Trinajstić information content (AvgIpc) is 2.56. The van der Waals surface area contributed by atoms with E-state index >= 15 is 0 Å². The number of carbonyl (C=O) groups is 1. The third-order valence-corrected chi connectivity index (χ3v) is 5.29. The normalized spacial score (nSPS) is 17.7. The number of benzene rings is 1. The van der Waals surface area contributed by atoms with Crippen LogP contribution in [0.15, 0.2) is 29.2 Å². The van der Waals surface area contributed by atoms with Gasteiger partial charge in [-0.15, -0.1) is 5.92 Å². The Kier molecular flexibility index (Phi) is 6.33. The fraction of sp³-hybridized carbons (Fsp3) is 0.400. The van der Waals surface area contributed by atoms with Crippen LogP contribution in [0.5, 0.6) is 5.75 Å². The van der Waals surface area contributed by atoms with Crippen LogP contribution in [0.1, 0.15) is 6.92 Å². The number of ether oxygens (including phenoxy) is 1. The molecular formula is C15H17NO5S2. The quantitative estimate of drug-likeness (QED) is 0.624. The Bertz CT molecular complexity index is 698. The van der Waals surface area contributed by atoms with Crippen LogP contribution in [0.4, 0.5) is 0 Å². The number of hydrogen-bond donors (Lipinski definition) is 1. The standard InChI is InChI=1S/C15H17NO5S2/c1-2-3-9-20-12-4-6-13(7-5-12)23(18,19)21-15(17)14-11-22-10-8-16-14/h4-7,14,16H,8-11H2,1H3. The summed E-state index contributed by atoms with van der Waals surface area (Å²) < 4.78 is 34.2. The zero-order valence-corrected chi connectivity index (χ0v) is 14.2. The third kappa shape index (κ3) is 5.16. The molecule has 1 aromatic carbocycles. The van der Waals surface area contributed by atoms with Crippen LogP contribution in [-0.2, 0) is 19.1 Å². The second kappa shape index (κ2) is 8.24. The van der Waals surface area contributed by atoms with Gasteiger partial charge in [-0.2, -0.15) is 20.2 Å². The lowest BCUT2D eigenvalue weighted by atomic mass is 10.3. The summed E-state index contributed by atoms with van der Waals surface area (Å²) in [4.78, 5) is 11.8. The number of carbonyl (C=O) groups excluding carboxylic acids is 1. The maximum absolute atomic E-state index is 12.1. The van der Waals surface area contributed by atoms with Crippen LogP contribution in [-0.4, -0.2) is 45.1 Å². The van der Waals surface area contributed by atoms with Gasteiger partial charge in [-0.1, -0.05) is 5.92 Å². The molecule has 1 aromatic rings. The molecule has 1 aliphatic rings. The Labute approximate surface area is 140 Å². The van der Waals surface area contributed by atoms with Crippen molar-refractivity contribution in [2.45, 2.75) is 17.9 Å². The van der Waals surface area contributed by atoms with Crippen LogP contribution in [0.2, 0.25) is 0 Å². The van der Waals surface area contributed by atoms with Gasteiger partial charge < -0.3 is 14.2 Å². The summed E-state index contributed by atoms with van der Waals surface area (Å²) in [6.45, 7) is 2.58. The lowest BCUT2D eigenvalue weighted by molar-refractivity contribution is -0.135. The van der Waals surface area contributed by atoms with E-state index in [0.717, 1.165) is 5.75 Å². The Morgan fingerprint density at radius 2 is 2.13 bits per heavy atom. The second-order valence-corrected chi connectivity index (χ2v) is 7.32. The summed E-state index contributed by atoms with van der Waals surface area (Å²) in [6.07, 6.45) is 0. The highest BCUT2D eigenvalue weighted by atomic mass is 32.2. The molecule has 2 rings (SSSR count). The van der Waals surface area contributed by atoms with Crippen molar-refractivity contribution in [3.05, 3.63) is 24.3 Å². The molecule has 0 aliphatic carbocycles. The Balaban J connectivity index is 2.00. The van der Waals surface area contributed by atoms with Gasteiger partial charge in [0.2, 0.25) is 0 Å². The number of nitrogens with one attached hydrogen (secondary N) is 1. The van der Waals surface area contributed by atoms with Crippen LogP contribution >= 0.6 is 11.8 Å². The highest BCUT2D eigenvalue weighted by Crippen LogP contribution is 2.19. The molecule has 1 heterocycles. The van der Waals surface area contributed by atoms with E-state index in [9.17, 15) is 13.2 Å². The van der Waals surface area contributed by atoms with Gasteiger partial charge in [0.15, 0.2) is 0 Å². The molecule has 0 spiro atoms. The molecule has 1 N–H and O–H groups in total. The van der Waals surface area contributed by atoms with Crippen molar-refractivity contribution in [2.75, 3.05) is 24.7 Å². The van der Waals surface area contributed by atoms with Gasteiger partial charge in [-0.3, -0.25) is 0 Å². The molecule has 0 aromatic heterocycles. The maximum atomic E-state index is 12.1. The van der Waals surface area contributed by atoms with Crippen LogP contribution in [0.25, 0.3) is 0 Å². The first-order valence-corrected chi connectivity index (χ1v) is 9.51. The first-order valence-electron chi connectivity index (χ1n) is 6.95. The lowest BCUT2D eigenvalue weighted by Gasteiger charge is -2.21. The summed E-state index contributed by atoms with van der Waals surface area (Å²) in [5.74, 6) is 6.52. The van der Waals surface area contributed by atoms with Gasteiger partial charge in [0.1, 0.15) is 23.3 Å². The smallest absolute Gasteiger partial charge is 0.341 e. The molecule has 6 nitrogen and oxygen atoms in total. The second-order valence-electron chi connectivity index (χ2n) is 4.62. The topological polar surface area (TPSA) is 81.7 Å². The molecule has 0 radical (unpaired) electrons. The highest BCUT2D eigenvalue weighted by molar-refractivity contribution is 7.99. The van der Waals surface area contributed by atoms with Crippen LogP contribution in [0.3, 0.4) is 0 Å². The van der Waals surface area contributed by atoms with Crippen molar-refractivity contribution >= 4 is 27.8 Å². The zero-order chi connectivity index (χ0) is 16.7. The molecule has 0 bridgehead atoms. The molecule has 1 unspecified atom stereocenters. The van der Waals surface area contributed by atoms with Gasteiger partial charge in [-0.25, -0.2) is 4.79 Å². The summed E-state index contributed by atoms with van der Waals surface area (Å²) >= 11 is 1.58. The molecule has 0 saturated carbocycles. The predicted molar refractivity (Wildman–Crippen MR) is 87.8 cm³/mol. The maximum Gasteiger partial charge on any atom is 0.341 e. The van der Waals surface area contributed by atoms with Gasteiger partial charge in [-0.05, 0) is 31.2 Å². The van der Waals surface area contributed by atoms with E-state index in [0.29, 0.717) is 18.0 Å². The van der Waals surface area contributed by atoms with Crippen LogP contribution < -0.4 is 10.1 Å². The molecule has 1 fully saturated rings. The number of rotatable bonds is 5. The minimum atomic E-state index is -4.13. The molecule has 8 heteroatoms. The van der Waals surface area contributed by atoms with Crippen molar-refractivity contribution in [1.29, 1.82) is 0 Å². The Hall–Kier alpha value is -1.69. The SMILES string of the molecule is CC#CCOc1ccc(S(=O)(=O)OC(=O)C2CSCCN2)cc1. The minimum absolute atomic E-state index is 0.0942. The van der Waals surface area contributed by atoms with Crippen molar-refractivity contribution in [2.24, 2.45) is 0 Å². The summed E-state index contributed by atoms with van der Waals surface area (Å²) in [7, 11) is -4.13. The molecule has 0 amide bonds. The van der Waals surface area contributed by atoms with Crippen molar-refractivity contribution < 1.29 is 22.1 Å². The van der Waals surface area contributed by atoms with E-state index in [4.69, 9.17) is 8.92 Å². The minimum Gasteiger partial charge on any atom is -0.481 e. The Morgan fingerprint density at radius 3 is 2.74 bits per heavy atom. The van der Waals surface area contributed by atoms with E-state index in [-0.39, 0.29) is 11.5 Å². The fourth-order valence-electron chi connectivity index (χ4n) is 1.83. The average molecular weight is 355 g/mol. The van der Waals surface area contributed by atoms with Gasteiger partial charge >= 0.3 is 16.1 Å². The van der Waals surface area contributed by atoms with Gasteiger partial charge in [0, 0.05) is 18.1 Å². The molecule has 124 valence electrons. The summed E-state index contributed by atoms with van der Waals surface area (Å²) in [6, 6.07) is 5.05.